The van der Waals surface area contributed by atoms with Crippen molar-refractivity contribution in [2.45, 2.75) is 25.8 Å². The maximum atomic E-state index is 9.18. The van der Waals surface area contributed by atoms with E-state index >= 15 is 0 Å². The van der Waals surface area contributed by atoms with Gasteiger partial charge in [-0.05, 0) is 32.4 Å². The molecule has 0 saturated carbocycles. The van der Waals surface area contributed by atoms with Crippen LogP contribution >= 0.6 is 0 Å². The summed E-state index contributed by atoms with van der Waals surface area (Å²) >= 11 is 0. The number of methoxy groups -OCH3 is 1. The van der Waals surface area contributed by atoms with E-state index in [9.17, 15) is 5.26 Å². The lowest BCUT2D eigenvalue weighted by Crippen LogP contribution is -2.49. The molecule has 4 nitrogen and oxygen atoms in total. The molecule has 0 bridgehead atoms. The van der Waals surface area contributed by atoms with Crippen molar-refractivity contribution >= 4 is 0 Å². The van der Waals surface area contributed by atoms with Crippen LogP contribution in [0.15, 0.2) is 0 Å². The summed E-state index contributed by atoms with van der Waals surface area (Å²) in [6, 6.07) is 2.37. The fourth-order valence-electron chi connectivity index (χ4n) is 2.40. The number of nitriles is 1. The second kappa shape index (κ2) is 6.19. The molecule has 0 aromatic heterocycles. The molecule has 2 unspecified atom stereocenters. The molecule has 1 rings (SSSR count). The van der Waals surface area contributed by atoms with Gasteiger partial charge in [0.2, 0.25) is 0 Å². The quantitative estimate of drug-likeness (QED) is 0.728. The zero-order valence-corrected chi connectivity index (χ0v) is 10.6. The Hall–Kier alpha value is -0.630. The van der Waals surface area contributed by atoms with E-state index < -0.39 is 5.54 Å². The molecule has 0 aliphatic carbocycles. The van der Waals surface area contributed by atoms with Gasteiger partial charge in [-0.15, -0.1) is 0 Å². The van der Waals surface area contributed by atoms with Gasteiger partial charge >= 0.3 is 0 Å². The minimum Gasteiger partial charge on any atom is -0.384 e. The fraction of sp³-hybridized carbons (Fsp3) is 0.917. The number of likely N-dealkylation sites (tertiary alicyclic amines) is 1. The molecule has 1 heterocycles. The molecular formula is C12H23N3O. The van der Waals surface area contributed by atoms with Crippen molar-refractivity contribution < 1.29 is 4.74 Å². The van der Waals surface area contributed by atoms with Gasteiger partial charge in [0, 0.05) is 20.2 Å². The van der Waals surface area contributed by atoms with E-state index in [-0.39, 0.29) is 0 Å². The number of nitrogens with one attached hydrogen (secondary N) is 1. The van der Waals surface area contributed by atoms with Crippen molar-refractivity contribution in [2.75, 3.05) is 39.9 Å². The molecule has 1 fully saturated rings. The van der Waals surface area contributed by atoms with E-state index in [1.54, 1.807) is 7.11 Å². The third-order valence-corrected chi connectivity index (χ3v) is 3.13. The minimum absolute atomic E-state index is 0.420. The lowest BCUT2D eigenvalue weighted by atomic mass is 10.0. The highest BCUT2D eigenvalue weighted by atomic mass is 16.5. The van der Waals surface area contributed by atoms with Gasteiger partial charge in [-0.2, -0.15) is 5.26 Å². The second-order valence-corrected chi connectivity index (χ2v) is 4.82. The normalized spacial score (nSPS) is 25.2. The molecule has 0 spiro atoms. The second-order valence-electron chi connectivity index (χ2n) is 4.82. The van der Waals surface area contributed by atoms with Crippen molar-refractivity contribution in [3.63, 3.8) is 0 Å². The Morgan fingerprint density at radius 3 is 2.94 bits per heavy atom. The summed E-state index contributed by atoms with van der Waals surface area (Å²) in [5.74, 6) is 0.634. The van der Waals surface area contributed by atoms with Crippen LogP contribution in [-0.2, 0) is 4.74 Å². The number of rotatable bonds is 6. The van der Waals surface area contributed by atoms with Gasteiger partial charge in [0.15, 0.2) is 0 Å². The zero-order chi connectivity index (χ0) is 12.0. The van der Waals surface area contributed by atoms with E-state index in [0.29, 0.717) is 5.92 Å². The Morgan fingerprint density at radius 1 is 1.62 bits per heavy atom. The van der Waals surface area contributed by atoms with Gasteiger partial charge in [-0.1, -0.05) is 6.92 Å². The zero-order valence-electron chi connectivity index (χ0n) is 10.6. The number of hydrogen-bond acceptors (Lipinski definition) is 4. The molecular weight excluding hydrogens is 202 g/mol. The minimum atomic E-state index is -0.420. The van der Waals surface area contributed by atoms with E-state index in [0.717, 1.165) is 32.8 Å². The summed E-state index contributed by atoms with van der Waals surface area (Å²) < 4.78 is 5.17. The fourth-order valence-corrected chi connectivity index (χ4v) is 2.40. The van der Waals surface area contributed by atoms with E-state index in [2.05, 4.69) is 16.3 Å². The van der Waals surface area contributed by atoms with Crippen LogP contribution in [0.2, 0.25) is 0 Å². The number of likely N-dealkylation sites (N-methyl/N-ethyl adjacent to an activating group) is 1. The molecule has 1 aliphatic heterocycles. The lowest BCUT2D eigenvalue weighted by Gasteiger charge is -2.28. The van der Waals surface area contributed by atoms with Crippen LogP contribution in [0.1, 0.15) is 20.3 Å². The predicted molar refractivity (Wildman–Crippen MR) is 64.1 cm³/mol. The molecule has 0 amide bonds. The summed E-state index contributed by atoms with van der Waals surface area (Å²) in [7, 11) is 1.75. The van der Waals surface area contributed by atoms with Gasteiger partial charge in [0.05, 0.1) is 12.7 Å². The van der Waals surface area contributed by atoms with Crippen molar-refractivity contribution in [3.8, 4) is 6.07 Å². The maximum absolute atomic E-state index is 9.18. The Balaban J connectivity index is 2.40. The molecule has 92 valence electrons. The van der Waals surface area contributed by atoms with Gasteiger partial charge in [-0.25, -0.2) is 0 Å². The van der Waals surface area contributed by atoms with Gasteiger partial charge in [0.1, 0.15) is 5.54 Å². The van der Waals surface area contributed by atoms with Crippen molar-refractivity contribution in [2.24, 2.45) is 5.92 Å². The Labute approximate surface area is 98.6 Å². The highest BCUT2D eigenvalue weighted by Gasteiger charge is 2.30. The van der Waals surface area contributed by atoms with Crippen LogP contribution < -0.4 is 5.32 Å². The van der Waals surface area contributed by atoms with E-state index in [1.165, 1.54) is 6.42 Å². The largest absolute Gasteiger partial charge is 0.384 e. The first-order valence-electron chi connectivity index (χ1n) is 6.01. The Bertz CT molecular complexity index is 251. The highest BCUT2D eigenvalue weighted by Crippen LogP contribution is 2.18. The van der Waals surface area contributed by atoms with Crippen LogP contribution in [0, 0.1) is 17.2 Å². The number of ether oxygens (including phenoxy) is 1. The number of nitrogens with zero attached hydrogens (tertiary/aromatic N) is 2. The van der Waals surface area contributed by atoms with Crippen LogP contribution in [0.5, 0.6) is 0 Å². The molecule has 0 aromatic rings. The van der Waals surface area contributed by atoms with Gasteiger partial charge in [-0.3, -0.25) is 5.32 Å². The maximum Gasteiger partial charge on any atom is 0.116 e. The SMILES string of the molecule is CCNC(C)(C#N)CN1CCC(COC)C1. The van der Waals surface area contributed by atoms with Crippen LogP contribution in [0.4, 0.5) is 0 Å². The third-order valence-electron chi connectivity index (χ3n) is 3.13. The molecule has 1 saturated heterocycles. The summed E-state index contributed by atoms with van der Waals surface area (Å²) in [5.41, 5.74) is -0.420. The first-order chi connectivity index (χ1) is 7.63. The smallest absolute Gasteiger partial charge is 0.116 e. The molecule has 16 heavy (non-hydrogen) atoms. The standard InChI is InChI=1S/C12H23N3O/c1-4-14-12(2,9-13)10-15-6-5-11(7-15)8-16-3/h11,14H,4-8,10H2,1-3H3. The Morgan fingerprint density at radius 2 is 2.38 bits per heavy atom. The van der Waals surface area contributed by atoms with Crippen LogP contribution in [-0.4, -0.2) is 50.3 Å². The molecule has 2 atom stereocenters. The third kappa shape index (κ3) is 3.75. The molecule has 0 aromatic carbocycles. The first kappa shape index (κ1) is 13.4. The molecule has 0 radical (unpaired) electrons. The monoisotopic (exact) mass is 225 g/mol. The van der Waals surface area contributed by atoms with Crippen molar-refractivity contribution in [1.82, 2.24) is 10.2 Å². The molecule has 4 heteroatoms. The van der Waals surface area contributed by atoms with Gasteiger partial charge in [0.25, 0.3) is 0 Å². The summed E-state index contributed by atoms with van der Waals surface area (Å²) in [5, 5.41) is 12.4. The molecule has 1 aliphatic rings. The van der Waals surface area contributed by atoms with E-state index in [4.69, 9.17) is 4.74 Å². The summed E-state index contributed by atoms with van der Waals surface area (Å²) in [6.07, 6.45) is 1.18. The van der Waals surface area contributed by atoms with Crippen molar-refractivity contribution in [3.05, 3.63) is 0 Å². The van der Waals surface area contributed by atoms with Gasteiger partial charge < -0.3 is 9.64 Å². The lowest BCUT2D eigenvalue weighted by molar-refractivity contribution is 0.150. The highest BCUT2D eigenvalue weighted by molar-refractivity contribution is 5.06. The average Bonchev–Trinajstić information content (AvgIpc) is 2.66. The number of hydrogen-bond donors (Lipinski definition) is 1. The first-order valence-corrected chi connectivity index (χ1v) is 6.01. The summed E-state index contributed by atoms with van der Waals surface area (Å²) in [4.78, 5) is 2.36. The van der Waals surface area contributed by atoms with Crippen LogP contribution in [0.25, 0.3) is 0 Å². The Kier molecular flexibility index (Phi) is 5.20. The molecule has 1 N–H and O–H groups in total. The predicted octanol–water partition coefficient (Wildman–Crippen LogP) is 0.846. The van der Waals surface area contributed by atoms with E-state index in [1.807, 2.05) is 13.8 Å². The van der Waals surface area contributed by atoms with Crippen LogP contribution in [0.3, 0.4) is 0 Å². The summed E-state index contributed by atoms with van der Waals surface area (Å²) in [6.45, 7) is 8.61. The average molecular weight is 225 g/mol. The topological polar surface area (TPSA) is 48.3 Å². The van der Waals surface area contributed by atoms with Crippen molar-refractivity contribution in [1.29, 1.82) is 5.26 Å².